The normalized spacial score (nSPS) is 10.5. The second kappa shape index (κ2) is 10.4. The van der Waals surface area contributed by atoms with Crippen molar-refractivity contribution in [3.8, 4) is 28.5 Å². The van der Waals surface area contributed by atoms with Crippen LogP contribution in [-0.4, -0.2) is 20.8 Å². The van der Waals surface area contributed by atoms with Crippen molar-refractivity contribution in [2.45, 2.75) is 13.5 Å². The van der Waals surface area contributed by atoms with Gasteiger partial charge < -0.3 is 10.6 Å². The van der Waals surface area contributed by atoms with Crippen molar-refractivity contribution < 1.29 is 4.79 Å². The first-order valence-electron chi connectivity index (χ1n) is 10.5. The molecule has 0 atom stereocenters. The first kappa shape index (κ1) is 24.0. The molecule has 0 radical (unpaired) electrons. The number of pyridine rings is 1. The highest BCUT2D eigenvalue weighted by molar-refractivity contribution is 6.39. The van der Waals surface area contributed by atoms with E-state index in [1.807, 2.05) is 36.4 Å². The minimum atomic E-state index is -0.691. The number of nitrogens with one attached hydrogen (secondary N) is 2. The molecule has 2 N–H and O–H groups in total. The number of anilines is 2. The predicted molar refractivity (Wildman–Crippen MR) is 137 cm³/mol. The van der Waals surface area contributed by atoms with E-state index in [2.05, 4.69) is 26.8 Å². The number of nitrogens with zero attached hydrogens (tertiary/aromatic N) is 4. The summed E-state index contributed by atoms with van der Waals surface area (Å²) < 4.78 is 1.27. The quantitative estimate of drug-likeness (QED) is 0.355. The molecule has 0 aliphatic carbocycles. The van der Waals surface area contributed by atoms with Crippen molar-refractivity contribution in [1.29, 1.82) is 5.26 Å². The summed E-state index contributed by atoms with van der Waals surface area (Å²) in [5.74, 6) is 0. The molecule has 0 bridgehead atoms. The van der Waals surface area contributed by atoms with Gasteiger partial charge in [0.25, 0.3) is 5.56 Å². The van der Waals surface area contributed by atoms with Crippen LogP contribution in [0.3, 0.4) is 0 Å². The number of carbonyl (C=O) groups is 1. The van der Waals surface area contributed by atoms with Crippen molar-refractivity contribution in [2.24, 2.45) is 0 Å². The SMILES string of the molecule is CCn1nc(-c2cccc(-c3ccc(C#N)cc3)c2)cc(NC(=O)Nc2c(Cl)cncc2Cl)c1=O. The molecule has 4 aromatic rings. The number of halogens is 2. The summed E-state index contributed by atoms with van der Waals surface area (Å²) in [5, 5.41) is 18.9. The molecule has 0 saturated carbocycles. The smallest absolute Gasteiger partial charge is 0.305 e. The van der Waals surface area contributed by atoms with E-state index in [9.17, 15) is 9.59 Å². The van der Waals surface area contributed by atoms with E-state index in [0.717, 1.165) is 16.7 Å². The van der Waals surface area contributed by atoms with Crippen LogP contribution in [0.4, 0.5) is 16.2 Å². The van der Waals surface area contributed by atoms with E-state index < -0.39 is 11.6 Å². The summed E-state index contributed by atoms with van der Waals surface area (Å²) in [4.78, 5) is 29.3. The van der Waals surface area contributed by atoms with Crippen LogP contribution in [0.1, 0.15) is 12.5 Å². The van der Waals surface area contributed by atoms with Gasteiger partial charge in [-0.05, 0) is 42.3 Å². The van der Waals surface area contributed by atoms with E-state index in [0.29, 0.717) is 17.8 Å². The summed E-state index contributed by atoms with van der Waals surface area (Å²) in [5.41, 5.74) is 3.43. The zero-order chi connectivity index (χ0) is 24.9. The molecule has 0 aliphatic rings. The molecule has 2 heterocycles. The molecular weight excluding hydrogens is 487 g/mol. The molecule has 0 aliphatic heterocycles. The van der Waals surface area contributed by atoms with Gasteiger partial charge >= 0.3 is 6.03 Å². The predicted octanol–water partition coefficient (Wildman–Crippen LogP) is 5.81. The standard InChI is InChI=1S/C25H18Cl2N6O2/c1-2-33-24(34)22(30-25(35)31-23-19(26)13-29-14-20(23)27)11-21(32-33)18-5-3-4-17(10-18)16-8-6-15(12-28)7-9-16/h3-11,13-14H,2H2,1H3,(H2,29,30,31,35). The van der Waals surface area contributed by atoms with Gasteiger partial charge in [-0.25, -0.2) is 9.48 Å². The first-order valence-corrected chi connectivity index (χ1v) is 11.3. The van der Waals surface area contributed by atoms with Gasteiger partial charge in [0, 0.05) is 24.5 Å². The Kier molecular flexibility index (Phi) is 7.11. The van der Waals surface area contributed by atoms with Crippen LogP contribution in [0.25, 0.3) is 22.4 Å². The molecule has 0 unspecified atom stereocenters. The average molecular weight is 505 g/mol. The third kappa shape index (κ3) is 5.32. The minimum absolute atomic E-state index is 0.0411. The number of aryl methyl sites for hydroxylation is 1. The van der Waals surface area contributed by atoms with E-state index >= 15 is 0 Å². The number of urea groups is 1. The highest BCUT2D eigenvalue weighted by atomic mass is 35.5. The van der Waals surface area contributed by atoms with Gasteiger partial charge in [0.2, 0.25) is 0 Å². The van der Waals surface area contributed by atoms with Gasteiger partial charge in [-0.2, -0.15) is 10.4 Å². The molecule has 2 amide bonds. The average Bonchev–Trinajstić information content (AvgIpc) is 2.87. The second-order valence-corrected chi connectivity index (χ2v) is 8.21. The fourth-order valence-corrected chi connectivity index (χ4v) is 3.84. The van der Waals surface area contributed by atoms with Gasteiger partial charge in [0.15, 0.2) is 0 Å². The van der Waals surface area contributed by atoms with Crippen molar-refractivity contribution in [3.05, 3.63) is 93.0 Å². The Bertz CT molecular complexity index is 1490. The van der Waals surface area contributed by atoms with E-state index in [4.69, 9.17) is 28.5 Å². The first-order chi connectivity index (χ1) is 16.9. The summed E-state index contributed by atoms with van der Waals surface area (Å²) in [6.07, 6.45) is 2.69. The van der Waals surface area contributed by atoms with Crippen LogP contribution in [0, 0.1) is 11.3 Å². The van der Waals surface area contributed by atoms with E-state index in [1.54, 1.807) is 19.1 Å². The largest absolute Gasteiger partial charge is 0.323 e. The number of amides is 2. The molecule has 0 saturated heterocycles. The van der Waals surface area contributed by atoms with Crippen LogP contribution in [0.5, 0.6) is 0 Å². The topological polar surface area (TPSA) is 113 Å². The molecule has 0 fully saturated rings. The molecule has 2 aromatic heterocycles. The third-order valence-electron chi connectivity index (χ3n) is 5.12. The number of benzene rings is 2. The molecule has 0 spiro atoms. The fraction of sp³-hybridized carbons (Fsp3) is 0.0800. The van der Waals surface area contributed by atoms with Crippen LogP contribution >= 0.6 is 23.2 Å². The summed E-state index contributed by atoms with van der Waals surface area (Å²) in [6, 6.07) is 17.8. The van der Waals surface area contributed by atoms with Crippen molar-refractivity contribution in [1.82, 2.24) is 14.8 Å². The zero-order valence-electron chi connectivity index (χ0n) is 18.4. The monoisotopic (exact) mass is 504 g/mol. The maximum atomic E-state index is 12.8. The van der Waals surface area contributed by atoms with Crippen molar-refractivity contribution in [3.63, 3.8) is 0 Å². The minimum Gasteiger partial charge on any atom is -0.305 e. The summed E-state index contributed by atoms with van der Waals surface area (Å²) in [7, 11) is 0. The number of carbonyl (C=O) groups excluding carboxylic acids is 1. The molecule has 10 heteroatoms. The Balaban J connectivity index is 1.67. The molecule has 174 valence electrons. The lowest BCUT2D eigenvalue weighted by molar-refractivity contribution is 0.262. The van der Waals surface area contributed by atoms with Gasteiger partial charge in [-0.15, -0.1) is 0 Å². The van der Waals surface area contributed by atoms with Crippen LogP contribution in [0.2, 0.25) is 10.0 Å². The second-order valence-electron chi connectivity index (χ2n) is 7.39. The Hall–Kier alpha value is -4.19. The van der Waals surface area contributed by atoms with Gasteiger partial charge in [0.05, 0.1) is 33.1 Å². The van der Waals surface area contributed by atoms with Crippen molar-refractivity contribution >= 4 is 40.6 Å². The number of hydrogen-bond acceptors (Lipinski definition) is 5. The molecule has 4 rings (SSSR count). The number of aromatic nitrogens is 3. The zero-order valence-corrected chi connectivity index (χ0v) is 19.9. The van der Waals surface area contributed by atoms with Crippen LogP contribution < -0.4 is 16.2 Å². The summed E-state index contributed by atoms with van der Waals surface area (Å²) in [6.45, 7) is 2.09. The van der Waals surface area contributed by atoms with Crippen LogP contribution in [-0.2, 0) is 6.54 Å². The highest BCUT2D eigenvalue weighted by Gasteiger charge is 2.15. The van der Waals surface area contributed by atoms with Gasteiger partial charge in [-0.3, -0.25) is 9.78 Å². The molecule has 8 nitrogen and oxygen atoms in total. The van der Waals surface area contributed by atoms with E-state index in [-0.39, 0.29) is 21.4 Å². The Labute approximate surface area is 210 Å². The highest BCUT2D eigenvalue weighted by Crippen LogP contribution is 2.29. The lowest BCUT2D eigenvalue weighted by atomic mass is 10.0. The Morgan fingerprint density at radius 3 is 2.34 bits per heavy atom. The lowest BCUT2D eigenvalue weighted by Crippen LogP contribution is -2.29. The number of nitriles is 1. The van der Waals surface area contributed by atoms with Crippen LogP contribution in [0.15, 0.2) is 71.8 Å². The molecular formula is C25H18Cl2N6O2. The Morgan fingerprint density at radius 1 is 1.00 bits per heavy atom. The fourth-order valence-electron chi connectivity index (χ4n) is 3.38. The third-order valence-corrected chi connectivity index (χ3v) is 5.69. The number of rotatable bonds is 5. The van der Waals surface area contributed by atoms with Gasteiger partial charge in [-0.1, -0.05) is 53.5 Å². The van der Waals surface area contributed by atoms with Crippen molar-refractivity contribution in [2.75, 3.05) is 10.6 Å². The molecule has 2 aromatic carbocycles. The maximum absolute atomic E-state index is 12.8. The number of hydrogen-bond donors (Lipinski definition) is 2. The summed E-state index contributed by atoms with van der Waals surface area (Å²) >= 11 is 12.1. The van der Waals surface area contributed by atoms with Gasteiger partial charge in [0.1, 0.15) is 5.69 Å². The maximum Gasteiger partial charge on any atom is 0.323 e. The van der Waals surface area contributed by atoms with E-state index in [1.165, 1.54) is 23.1 Å². The molecule has 35 heavy (non-hydrogen) atoms. The lowest BCUT2D eigenvalue weighted by Gasteiger charge is -2.13. The Morgan fingerprint density at radius 2 is 1.69 bits per heavy atom.